The fourth-order valence-electron chi connectivity index (χ4n) is 5.48. The maximum Gasteiger partial charge on any atom is 0.320 e. The lowest BCUT2D eigenvalue weighted by molar-refractivity contribution is -0.139. The van der Waals surface area contributed by atoms with E-state index in [1.807, 2.05) is 0 Å². The van der Waals surface area contributed by atoms with Crippen LogP contribution < -0.4 is 10.2 Å². The first kappa shape index (κ1) is 28.5. The smallest absolute Gasteiger partial charge is 0.320 e. The normalized spacial score (nSPS) is 23.6. The molecule has 2 unspecified atom stereocenters. The second-order valence-electron chi connectivity index (χ2n) is 9.94. The van der Waals surface area contributed by atoms with Crippen molar-refractivity contribution in [1.29, 1.82) is 0 Å². The van der Waals surface area contributed by atoms with Crippen LogP contribution in [0.5, 0.6) is 11.5 Å². The lowest BCUT2D eigenvalue weighted by Crippen LogP contribution is -2.64. The number of fused-ring (bicyclic) bond motifs is 2. The van der Waals surface area contributed by atoms with Crippen LogP contribution in [0.25, 0.3) is 0 Å². The number of hydroxylamine groups is 1. The zero-order valence-corrected chi connectivity index (χ0v) is 22.8. The van der Waals surface area contributed by atoms with Gasteiger partial charge in [0.25, 0.3) is 5.91 Å². The molecule has 2 bridgehead atoms. The third-order valence-corrected chi connectivity index (χ3v) is 9.62. The van der Waals surface area contributed by atoms with E-state index in [1.54, 1.807) is 10.4 Å². The van der Waals surface area contributed by atoms with Gasteiger partial charge in [0.2, 0.25) is 10.0 Å². The summed E-state index contributed by atoms with van der Waals surface area (Å²) in [7, 11) is -4.70. The quantitative estimate of drug-likeness (QED) is 0.399. The number of halogens is 3. The van der Waals surface area contributed by atoms with Crippen molar-refractivity contribution in [3.05, 3.63) is 53.1 Å². The molecule has 2 N–H and O–H groups in total. The highest BCUT2D eigenvalue weighted by atomic mass is 35.5. The highest BCUT2D eigenvalue weighted by molar-refractivity contribution is 7.89. The van der Waals surface area contributed by atoms with E-state index in [1.165, 1.54) is 29.2 Å². The Labute approximate surface area is 234 Å². The Balaban J connectivity index is 1.47. The number of sulfonamides is 1. The second kappa shape index (κ2) is 11.1. The first-order chi connectivity index (χ1) is 19.0. The van der Waals surface area contributed by atoms with Crippen molar-refractivity contribution in [2.45, 2.75) is 23.3 Å². The number of rotatable bonds is 5. The van der Waals surface area contributed by atoms with E-state index in [9.17, 15) is 23.2 Å². The number of likely N-dealkylation sites (tertiary alicyclic amines) is 1. The van der Waals surface area contributed by atoms with Gasteiger partial charge in [-0.15, -0.1) is 0 Å². The fourth-order valence-corrected chi connectivity index (χ4v) is 7.45. The van der Waals surface area contributed by atoms with E-state index < -0.39 is 43.7 Å². The Bertz CT molecular complexity index is 1390. The van der Waals surface area contributed by atoms with Crippen molar-refractivity contribution in [2.75, 3.05) is 45.9 Å². The first-order valence-electron chi connectivity index (χ1n) is 12.6. The average Bonchev–Trinajstić information content (AvgIpc) is 3.21. The SMILES string of the molecule is O=C(N1CCOCC1)N1CCC2CN(S(=O)(=O)c3cc(F)c(Oc4ccc(Cl)cc4)c(F)c3)C(C(=O)NO)(C2)C1. The van der Waals surface area contributed by atoms with Crippen molar-refractivity contribution < 1.29 is 41.5 Å². The molecular formula is C25H27ClF2N4O7S. The van der Waals surface area contributed by atoms with Gasteiger partial charge in [-0.2, -0.15) is 4.31 Å². The third-order valence-electron chi connectivity index (χ3n) is 7.46. The number of hydrogen-bond donors (Lipinski definition) is 2. The van der Waals surface area contributed by atoms with Crippen LogP contribution in [0.3, 0.4) is 0 Å². The molecule has 3 aliphatic rings. The van der Waals surface area contributed by atoms with Crippen LogP contribution >= 0.6 is 11.6 Å². The van der Waals surface area contributed by atoms with E-state index in [2.05, 4.69) is 0 Å². The van der Waals surface area contributed by atoms with Gasteiger partial charge in [0.05, 0.1) is 24.7 Å². The highest BCUT2D eigenvalue weighted by Crippen LogP contribution is 2.43. The Kier molecular flexibility index (Phi) is 7.90. The number of amides is 3. The first-order valence-corrected chi connectivity index (χ1v) is 14.4. The summed E-state index contributed by atoms with van der Waals surface area (Å²) in [6.45, 7) is 1.15. The molecule has 0 aromatic heterocycles. The molecule has 15 heteroatoms. The number of nitrogens with one attached hydrogen (secondary N) is 1. The van der Waals surface area contributed by atoms with Crippen LogP contribution in [0.4, 0.5) is 13.6 Å². The fraction of sp³-hybridized carbons (Fsp3) is 0.440. The molecule has 40 heavy (non-hydrogen) atoms. The van der Waals surface area contributed by atoms with Gasteiger partial charge in [-0.25, -0.2) is 27.5 Å². The number of nitrogens with zero attached hydrogens (tertiary/aromatic N) is 3. The molecule has 216 valence electrons. The van der Waals surface area contributed by atoms with Crippen LogP contribution in [-0.4, -0.2) is 91.1 Å². The summed E-state index contributed by atoms with van der Waals surface area (Å²) in [5.41, 5.74) is -0.358. The van der Waals surface area contributed by atoms with E-state index in [0.29, 0.717) is 49.9 Å². The van der Waals surface area contributed by atoms with Crippen molar-refractivity contribution in [1.82, 2.24) is 19.6 Å². The number of benzene rings is 2. The lowest BCUT2D eigenvalue weighted by atomic mass is 9.92. The molecule has 3 amide bonds. The molecule has 0 saturated carbocycles. The summed E-state index contributed by atoms with van der Waals surface area (Å²) in [5.74, 6) is -4.69. The monoisotopic (exact) mass is 600 g/mol. The number of urea groups is 1. The van der Waals surface area contributed by atoms with Gasteiger partial charge in [0.1, 0.15) is 11.3 Å². The van der Waals surface area contributed by atoms with Gasteiger partial charge in [-0.3, -0.25) is 10.0 Å². The highest BCUT2D eigenvalue weighted by Gasteiger charge is 2.59. The molecule has 0 spiro atoms. The second-order valence-corrected chi connectivity index (χ2v) is 12.2. The van der Waals surface area contributed by atoms with Crippen LogP contribution in [0.2, 0.25) is 5.02 Å². The number of ether oxygens (including phenoxy) is 2. The molecule has 3 heterocycles. The summed E-state index contributed by atoms with van der Waals surface area (Å²) in [6.07, 6.45) is 0.396. The van der Waals surface area contributed by atoms with E-state index >= 15 is 8.78 Å². The van der Waals surface area contributed by atoms with Gasteiger partial charge < -0.3 is 19.3 Å². The molecule has 0 radical (unpaired) electrons. The Morgan fingerprint density at radius 2 is 1.73 bits per heavy atom. The topological polar surface area (TPSA) is 129 Å². The van der Waals surface area contributed by atoms with E-state index in [0.717, 1.165) is 4.31 Å². The van der Waals surface area contributed by atoms with Gasteiger partial charge in [-0.1, -0.05) is 11.6 Å². The van der Waals surface area contributed by atoms with Crippen LogP contribution in [0, 0.1) is 17.6 Å². The van der Waals surface area contributed by atoms with Crippen molar-refractivity contribution in [3.63, 3.8) is 0 Å². The molecule has 5 rings (SSSR count). The molecule has 3 saturated heterocycles. The van der Waals surface area contributed by atoms with Gasteiger partial charge in [0.15, 0.2) is 17.4 Å². The maximum atomic E-state index is 15.1. The van der Waals surface area contributed by atoms with Crippen molar-refractivity contribution in [2.24, 2.45) is 5.92 Å². The van der Waals surface area contributed by atoms with Crippen molar-refractivity contribution >= 4 is 33.6 Å². The molecular weight excluding hydrogens is 574 g/mol. The molecule has 11 nitrogen and oxygen atoms in total. The Hall–Kier alpha value is -3.04. The Morgan fingerprint density at radius 1 is 1.07 bits per heavy atom. The van der Waals surface area contributed by atoms with Crippen LogP contribution in [0.15, 0.2) is 41.3 Å². The van der Waals surface area contributed by atoms with Crippen molar-refractivity contribution in [3.8, 4) is 11.5 Å². The van der Waals surface area contributed by atoms with Crippen LogP contribution in [0.1, 0.15) is 12.8 Å². The predicted octanol–water partition coefficient (Wildman–Crippen LogP) is 2.82. The van der Waals surface area contributed by atoms with E-state index in [4.69, 9.17) is 21.1 Å². The third kappa shape index (κ3) is 5.21. The standard InChI is InChI=1S/C25H27ClF2N4O7S/c26-17-1-3-18(4-2-17)39-22-20(27)11-19(12-21(22)28)40(36,37)32-14-16-5-6-31(15-25(32,13-16)23(33)29-35)24(34)30-7-9-38-10-8-30/h1-4,11-12,16,35H,5-10,13-15H2,(H,29,33). The van der Waals surface area contributed by atoms with Gasteiger partial charge >= 0.3 is 6.03 Å². The number of carbonyl (C=O) groups is 2. The molecule has 3 fully saturated rings. The lowest BCUT2D eigenvalue weighted by Gasteiger charge is -2.41. The summed E-state index contributed by atoms with van der Waals surface area (Å²) in [5, 5.41) is 9.99. The largest absolute Gasteiger partial charge is 0.451 e. The summed E-state index contributed by atoms with van der Waals surface area (Å²) in [6, 6.07) is 6.53. The predicted molar refractivity (Wildman–Crippen MR) is 137 cm³/mol. The summed E-state index contributed by atoms with van der Waals surface area (Å²) in [4.78, 5) is 28.6. The summed E-state index contributed by atoms with van der Waals surface area (Å²) >= 11 is 5.82. The van der Waals surface area contributed by atoms with E-state index in [-0.39, 0.29) is 43.8 Å². The molecule has 2 aromatic carbocycles. The zero-order chi connectivity index (χ0) is 28.7. The van der Waals surface area contributed by atoms with Gasteiger partial charge in [-0.05, 0) is 55.2 Å². The average molecular weight is 601 g/mol. The minimum Gasteiger partial charge on any atom is -0.451 e. The molecule has 2 atom stereocenters. The molecule has 0 aliphatic carbocycles. The molecule has 3 aliphatic heterocycles. The molecule has 2 aromatic rings. The minimum atomic E-state index is -4.70. The zero-order valence-electron chi connectivity index (χ0n) is 21.2. The Morgan fingerprint density at radius 3 is 2.35 bits per heavy atom. The number of carbonyl (C=O) groups excluding carboxylic acids is 2. The minimum absolute atomic E-state index is 0.00817. The van der Waals surface area contributed by atoms with Crippen LogP contribution in [-0.2, 0) is 19.6 Å². The maximum absolute atomic E-state index is 15.1. The summed E-state index contributed by atoms with van der Waals surface area (Å²) < 4.78 is 69.2. The number of hydrogen-bond acceptors (Lipinski definition) is 7. The number of morpholine rings is 1. The van der Waals surface area contributed by atoms with Gasteiger partial charge in [0, 0.05) is 31.2 Å².